The Bertz CT molecular complexity index is 912. The molecule has 2 aliphatic heterocycles. The van der Waals surface area contributed by atoms with E-state index in [2.05, 4.69) is 0 Å². The number of anilines is 1. The molecule has 28 heavy (non-hydrogen) atoms. The fourth-order valence-corrected chi connectivity index (χ4v) is 4.26. The molecule has 146 valence electrons. The summed E-state index contributed by atoms with van der Waals surface area (Å²) in [6.07, 6.45) is 1.50. The van der Waals surface area contributed by atoms with E-state index in [9.17, 15) is 14.4 Å². The van der Waals surface area contributed by atoms with Gasteiger partial charge in [0.2, 0.25) is 5.91 Å². The van der Waals surface area contributed by atoms with Gasteiger partial charge >= 0.3 is 5.97 Å². The Morgan fingerprint density at radius 3 is 2.54 bits per heavy atom. The topological polar surface area (TPSA) is 66.9 Å². The fraction of sp³-hybridized carbons (Fsp3) is 0.409. The minimum absolute atomic E-state index is 0.113. The number of hydrogen-bond acceptors (Lipinski definition) is 5. The third-order valence-corrected chi connectivity index (χ3v) is 5.72. The van der Waals surface area contributed by atoms with Crippen molar-refractivity contribution in [1.29, 1.82) is 0 Å². The summed E-state index contributed by atoms with van der Waals surface area (Å²) in [6.45, 7) is 3.43. The Labute approximate surface area is 164 Å². The second kappa shape index (κ2) is 7.72. The second-order valence-corrected chi connectivity index (χ2v) is 7.35. The summed E-state index contributed by atoms with van der Waals surface area (Å²) in [5.74, 6) is -0.610. The first-order chi connectivity index (χ1) is 13.6. The largest absolute Gasteiger partial charge is 0.466 e. The molecule has 0 aliphatic carbocycles. The number of ether oxygens (including phenoxy) is 1. The van der Waals surface area contributed by atoms with Crippen molar-refractivity contribution in [3.05, 3.63) is 42.5 Å². The van der Waals surface area contributed by atoms with Gasteiger partial charge in [-0.2, -0.15) is 0 Å². The predicted molar refractivity (Wildman–Crippen MR) is 106 cm³/mol. The van der Waals surface area contributed by atoms with Crippen molar-refractivity contribution in [3.8, 4) is 0 Å². The van der Waals surface area contributed by atoms with E-state index in [1.54, 1.807) is 6.92 Å². The summed E-state index contributed by atoms with van der Waals surface area (Å²) >= 11 is 0. The third kappa shape index (κ3) is 3.29. The van der Waals surface area contributed by atoms with E-state index in [0.29, 0.717) is 38.2 Å². The van der Waals surface area contributed by atoms with Crippen LogP contribution in [0.4, 0.5) is 5.69 Å². The lowest BCUT2D eigenvalue weighted by molar-refractivity contribution is -0.149. The molecular formula is C22H24N2O4. The van der Waals surface area contributed by atoms with Gasteiger partial charge in [-0.15, -0.1) is 0 Å². The molecule has 2 amide bonds. The molecule has 2 fully saturated rings. The smallest absolute Gasteiger partial charge is 0.309 e. The zero-order valence-corrected chi connectivity index (χ0v) is 16.0. The molecule has 2 aromatic rings. The molecule has 2 heterocycles. The van der Waals surface area contributed by atoms with Crippen LogP contribution in [0.3, 0.4) is 0 Å². The van der Waals surface area contributed by atoms with Gasteiger partial charge in [0.25, 0.3) is 5.91 Å². The quantitative estimate of drug-likeness (QED) is 0.603. The molecule has 0 spiro atoms. The number of amides is 2. The van der Waals surface area contributed by atoms with Crippen molar-refractivity contribution in [1.82, 2.24) is 4.90 Å². The molecule has 0 saturated carbocycles. The van der Waals surface area contributed by atoms with Crippen LogP contribution in [-0.2, 0) is 19.1 Å². The Balaban J connectivity index is 1.51. The summed E-state index contributed by atoms with van der Waals surface area (Å²) in [5.41, 5.74) is 0.650. The molecule has 2 aliphatic rings. The molecule has 1 unspecified atom stereocenters. The Morgan fingerprint density at radius 2 is 1.79 bits per heavy atom. The Hall–Kier alpha value is -2.73. The van der Waals surface area contributed by atoms with Crippen LogP contribution in [0.1, 0.15) is 26.2 Å². The maximum absolute atomic E-state index is 13.1. The van der Waals surface area contributed by atoms with Crippen molar-refractivity contribution in [2.75, 3.05) is 24.6 Å². The number of rotatable bonds is 4. The van der Waals surface area contributed by atoms with Crippen molar-refractivity contribution in [3.63, 3.8) is 0 Å². The molecule has 0 bridgehead atoms. The van der Waals surface area contributed by atoms with E-state index < -0.39 is 6.04 Å². The Kier molecular flexibility index (Phi) is 5.13. The normalized spacial score (nSPS) is 21.5. The number of likely N-dealkylation sites (tertiary alicyclic amines) is 1. The van der Waals surface area contributed by atoms with Gasteiger partial charge in [0, 0.05) is 5.39 Å². The monoisotopic (exact) mass is 380 g/mol. The van der Waals surface area contributed by atoms with Crippen LogP contribution < -0.4 is 4.90 Å². The standard InChI is InChI=1S/C22H24N2O4/c1-2-28-22(27)16-10-12-23(13-11-16)19-14-20(25)24(21(19)26)18-9-5-7-15-6-3-4-8-17(15)18/h3-9,16,19H,2,10-14H2,1H3. The minimum atomic E-state index is -0.449. The number of carbonyl (C=O) groups is 3. The van der Waals surface area contributed by atoms with E-state index in [1.165, 1.54) is 4.90 Å². The molecule has 6 nitrogen and oxygen atoms in total. The van der Waals surface area contributed by atoms with E-state index in [-0.39, 0.29) is 30.1 Å². The zero-order chi connectivity index (χ0) is 19.7. The summed E-state index contributed by atoms with van der Waals surface area (Å²) < 4.78 is 5.11. The van der Waals surface area contributed by atoms with E-state index in [0.717, 1.165) is 10.8 Å². The number of piperidine rings is 1. The highest BCUT2D eigenvalue weighted by Gasteiger charge is 2.44. The summed E-state index contributed by atoms with van der Waals surface area (Å²) in [5, 5.41) is 1.90. The molecule has 4 rings (SSSR count). The van der Waals surface area contributed by atoms with Gasteiger partial charge in [0.15, 0.2) is 0 Å². The molecule has 2 saturated heterocycles. The highest BCUT2D eigenvalue weighted by Crippen LogP contribution is 2.33. The van der Waals surface area contributed by atoms with Crippen LogP contribution in [-0.4, -0.2) is 48.4 Å². The number of imide groups is 1. The van der Waals surface area contributed by atoms with E-state index in [1.807, 2.05) is 47.4 Å². The van der Waals surface area contributed by atoms with Gasteiger partial charge in [-0.05, 0) is 44.3 Å². The van der Waals surface area contributed by atoms with Crippen LogP contribution in [0, 0.1) is 5.92 Å². The number of fused-ring (bicyclic) bond motifs is 1. The molecule has 1 atom stereocenters. The molecular weight excluding hydrogens is 356 g/mol. The van der Waals surface area contributed by atoms with Crippen molar-refractivity contribution >= 4 is 34.2 Å². The van der Waals surface area contributed by atoms with Crippen LogP contribution in [0.5, 0.6) is 0 Å². The van der Waals surface area contributed by atoms with Crippen LogP contribution >= 0.6 is 0 Å². The maximum atomic E-state index is 13.1. The number of benzene rings is 2. The molecule has 6 heteroatoms. The molecule has 0 radical (unpaired) electrons. The third-order valence-electron chi connectivity index (χ3n) is 5.72. The highest BCUT2D eigenvalue weighted by atomic mass is 16.5. The van der Waals surface area contributed by atoms with Crippen molar-refractivity contribution < 1.29 is 19.1 Å². The van der Waals surface area contributed by atoms with Gasteiger partial charge < -0.3 is 4.74 Å². The van der Waals surface area contributed by atoms with Gasteiger partial charge in [-0.1, -0.05) is 36.4 Å². The summed E-state index contributed by atoms with van der Waals surface area (Å²) in [6, 6.07) is 13.0. The van der Waals surface area contributed by atoms with Crippen molar-refractivity contribution in [2.45, 2.75) is 32.2 Å². The zero-order valence-electron chi connectivity index (χ0n) is 16.0. The van der Waals surface area contributed by atoms with Crippen molar-refractivity contribution in [2.24, 2.45) is 5.92 Å². The lowest BCUT2D eigenvalue weighted by atomic mass is 9.95. The first kappa shape index (κ1) is 18.6. The van der Waals surface area contributed by atoms with E-state index >= 15 is 0 Å². The van der Waals surface area contributed by atoms with E-state index in [4.69, 9.17) is 4.74 Å². The first-order valence-electron chi connectivity index (χ1n) is 9.85. The van der Waals surface area contributed by atoms with Crippen LogP contribution in [0.2, 0.25) is 0 Å². The lowest BCUT2D eigenvalue weighted by Crippen LogP contribution is -2.47. The van der Waals surface area contributed by atoms with Gasteiger partial charge in [0.1, 0.15) is 0 Å². The van der Waals surface area contributed by atoms with Gasteiger partial charge in [0.05, 0.1) is 30.7 Å². The number of nitrogens with zero attached hydrogens (tertiary/aromatic N) is 2. The fourth-order valence-electron chi connectivity index (χ4n) is 4.26. The summed E-state index contributed by atoms with van der Waals surface area (Å²) in [4.78, 5) is 41.2. The molecule has 0 aromatic heterocycles. The SMILES string of the molecule is CCOC(=O)C1CCN(C2CC(=O)N(c3cccc4ccccc34)C2=O)CC1. The molecule has 2 aromatic carbocycles. The average Bonchev–Trinajstić information content (AvgIpc) is 3.02. The van der Waals surface area contributed by atoms with Crippen LogP contribution in [0.15, 0.2) is 42.5 Å². The second-order valence-electron chi connectivity index (χ2n) is 7.35. The van der Waals surface area contributed by atoms with Crippen LogP contribution in [0.25, 0.3) is 10.8 Å². The summed E-state index contributed by atoms with van der Waals surface area (Å²) in [7, 11) is 0. The lowest BCUT2D eigenvalue weighted by Gasteiger charge is -2.33. The highest BCUT2D eigenvalue weighted by molar-refractivity contribution is 6.25. The van der Waals surface area contributed by atoms with Gasteiger partial charge in [-0.25, -0.2) is 4.90 Å². The number of hydrogen-bond donors (Lipinski definition) is 0. The number of carbonyl (C=O) groups excluding carboxylic acids is 3. The number of esters is 1. The minimum Gasteiger partial charge on any atom is -0.466 e. The maximum Gasteiger partial charge on any atom is 0.309 e. The van der Waals surface area contributed by atoms with Gasteiger partial charge in [-0.3, -0.25) is 19.3 Å². The average molecular weight is 380 g/mol. The molecule has 0 N–H and O–H groups in total. The predicted octanol–water partition coefficient (Wildman–Crippen LogP) is 2.75. The first-order valence-corrected chi connectivity index (χ1v) is 9.85. The Morgan fingerprint density at radius 1 is 1.07 bits per heavy atom.